The number of esters is 1. The van der Waals surface area contributed by atoms with Crippen LogP contribution in [0.1, 0.15) is 0 Å². The second-order valence-corrected chi connectivity index (χ2v) is 3.89. The summed E-state index contributed by atoms with van der Waals surface area (Å²) in [5.41, 5.74) is 0. The predicted octanol–water partition coefficient (Wildman–Crippen LogP) is 2.43. The van der Waals surface area contributed by atoms with E-state index in [1.165, 1.54) is 0 Å². The Balaban J connectivity index is 4.54. The zero-order valence-electron chi connectivity index (χ0n) is 8.23. The number of ether oxygens (including phenoxy) is 2. The van der Waals surface area contributed by atoms with Gasteiger partial charge in [0.25, 0.3) is 0 Å². The van der Waals surface area contributed by atoms with Gasteiger partial charge in [0, 0.05) is 0 Å². The minimum Gasteiger partial charge on any atom is -0.468 e. The largest absolute Gasteiger partial charge is 0.468 e. The standard InChI is InChI=1S/C7H7BrF6O3/c1-16-4(15)3(8)2-17-5(6(9,10)11)7(12,13)14/h3,5H,2H2,1H3. The molecule has 3 nitrogen and oxygen atoms in total. The first-order chi connectivity index (χ1) is 7.50. The molecule has 0 aromatic carbocycles. The Morgan fingerprint density at radius 1 is 1.18 bits per heavy atom. The average Bonchev–Trinajstić information content (AvgIpc) is 2.12. The van der Waals surface area contributed by atoms with Crippen molar-refractivity contribution in [1.82, 2.24) is 0 Å². The molecule has 0 aliphatic rings. The van der Waals surface area contributed by atoms with Crippen LogP contribution in [0.4, 0.5) is 26.3 Å². The van der Waals surface area contributed by atoms with Gasteiger partial charge < -0.3 is 9.47 Å². The van der Waals surface area contributed by atoms with Crippen LogP contribution in [0.5, 0.6) is 0 Å². The van der Waals surface area contributed by atoms with Crippen LogP contribution in [0.25, 0.3) is 0 Å². The molecule has 17 heavy (non-hydrogen) atoms. The summed E-state index contributed by atoms with van der Waals surface area (Å²) < 4.78 is 79.6. The lowest BCUT2D eigenvalue weighted by molar-refractivity contribution is -0.321. The van der Waals surface area contributed by atoms with Crippen LogP contribution < -0.4 is 0 Å². The van der Waals surface area contributed by atoms with E-state index in [2.05, 4.69) is 25.4 Å². The summed E-state index contributed by atoms with van der Waals surface area (Å²) in [5.74, 6) is -1.03. The first-order valence-electron chi connectivity index (χ1n) is 3.97. The average molecular weight is 333 g/mol. The predicted molar refractivity (Wildman–Crippen MR) is 46.6 cm³/mol. The molecule has 0 aliphatic heterocycles. The van der Waals surface area contributed by atoms with Crippen LogP contribution in [0, 0.1) is 0 Å². The third kappa shape index (κ3) is 5.57. The molecule has 1 unspecified atom stereocenters. The van der Waals surface area contributed by atoms with Crippen LogP contribution in [0.2, 0.25) is 0 Å². The summed E-state index contributed by atoms with van der Waals surface area (Å²) in [6.07, 6.45) is -15.1. The summed E-state index contributed by atoms with van der Waals surface area (Å²) in [5, 5.41) is 0. The molecule has 102 valence electrons. The van der Waals surface area contributed by atoms with Crippen molar-refractivity contribution < 1.29 is 40.6 Å². The van der Waals surface area contributed by atoms with Crippen molar-refractivity contribution in [3.63, 3.8) is 0 Å². The van der Waals surface area contributed by atoms with Gasteiger partial charge in [0.1, 0.15) is 4.83 Å². The van der Waals surface area contributed by atoms with Gasteiger partial charge in [0.05, 0.1) is 13.7 Å². The van der Waals surface area contributed by atoms with E-state index in [-0.39, 0.29) is 0 Å². The Bertz CT molecular complexity index is 249. The van der Waals surface area contributed by atoms with Crippen LogP contribution >= 0.6 is 15.9 Å². The summed E-state index contributed by atoms with van der Waals surface area (Å²) in [6.45, 7) is -1.11. The van der Waals surface area contributed by atoms with Crippen molar-refractivity contribution in [1.29, 1.82) is 0 Å². The van der Waals surface area contributed by atoms with Crippen molar-refractivity contribution in [2.45, 2.75) is 23.3 Å². The lowest BCUT2D eigenvalue weighted by Gasteiger charge is -2.23. The molecule has 0 aromatic heterocycles. The fraction of sp³-hybridized carbons (Fsp3) is 0.857. The van der Waals surface area contributed by atoms with E-state index in [1.54, 1.807) is 0 Å². The number of alkyl halides is 7. The van der Waals surface area contributed by atoms with Gasteiger partial charge in [-0.1, -0.05) is 15.9 Å². The zero-order valence-corrected chi connectivity index (χ0v) is 9.82. The van der Waals surface area contributed by atoms with Gasteiger partial charge in [0.2, 0.25) is 6.10 Å². The Morgan fingerprint density at radius 3 is 1.88 bits per heavy atom. The van der Waals surface area contributed by atoms with E-state index < -0.39 is 35.9 Å². The van der Waals surface area contributed by atoms with Crippen molar-refractivity contribution in [3.8, 4) is 0 Å². The SMILES string of the molecule is COC(=O)C(Br)COC(C(F)(F)F)C(F)(F)F. The number of methoxy groups -OCH3 is 1. The number of halogens is 7. The summed E-state index contributed by atoms with van der Waals surface area (Å²) in [4.78, 5) is 9.31. The quantitative estimate of drug-likeness (QED) is 0.450. The molecular weight excluding hydrogens is 326 g/mol. The molecule has 0 bridgehead atoms. The van der Waals surface area contributed by atoms with Gasteiger partial charge in [0.15, 0.2) is 0 Å². The highest BCUT2D eigenvalue weighted by Crippen LogP contribution is 2.35. The molecule has 0 fully saturated rings. The van der Waals surface area contributed by atoms with Gasteiger partial charge in [-0.05, 0) is 0 Å². The maximum atomic E-state index is 12.0. The number of rotatable bonds is 4. The van der Waals surface area contributed by atoms with E-state index in [4.69, 9.17) is 0 Å². The molecule has 0 rings (SSSR count). The molecule has 0 spiro atoms. The Labute approximate surface area is 100 Å². The Hall–Kier alpha value is -0.510. The van der Waals surface area contributed by atoms with Crippen LogP contribution in [0.15, 0.2) is 0 Å². The van der Waals surface area contributed by atoms with E-state index in [9.17, 15) is 31.1 Å². The Kier molecular flexibility index (Phi) is 5.72. The number of carbonyl (C=O) groups is 1. The molecule has 0 radical (unpaired) electrons. The topological polar surface area (TPSA) is 35.5 Å². The van der Waals surface area contributed by atoms with E-state index >= 15 is 0 Å². The maximum Gasteiger partial charge on any atom is 0.423 e. The summed E-state index contributed by atoms with van der Waals surface area (Å²) in [6, 6.07) is 0. The second-order valence-electron chi connectivity index (χ2n) is 2.79. The molecule has 10 heteroatoms. The fourth-order valence-electron chi connectivity index (χ4n) is 0.751. The fourth-order valence-corrected chi connectivity index (χ4v) is 1.09. The Morgan fingerprint density at radius 2 is 1.59 bits per heavy atom. The van der Waals surface area contributed by atoms with Crippen molar-refractivity contribution in [2.75, 3.05) is 13.7 Å². The van der Waals surface area contributed by atoms with Crippen molar-refractivity contribution in [2.24, 2.45) is 0 Å². The highest BCUT2D eigenvalue weighted by Gasteiger charge is 2.58. The molecule has 0 aliphatic carbocycles. The van der Waals surface area contributed by atoms with Gasteiger partial charge >= 0.3 is 18.3 Å². The molecule has 0 saturated heterocycles. The first kappa shape index (κ1) is 16.5. The van der Waals surface area contributed by atoms with Gasteiger partial charge in [-0.25, -0.2) is 0 Å². The van der Waals surface area contributed by atoms with Gasteiger partial charge in [-0.15, -0.1) is 0 Å². The lowest BCUT2D eigenvalue weighted by Crippen LogP contribution is -2.45. The molecule has 0 saturated carbocycles. The maximum absolute atomic E-state index is 12.0. The minimum atomic E-state index is -5.60. The smallest absolute Gasteiger partial charge is 0.423 e. The van der Waals surface area contributed by atoms with Gasteiger partial charge in [-0.3, -0.25) is 4.79 Å². The number of hydrogen-bond donors (Lipinski definition) is 0. The van der Waals surface area contributed by atoms with E-state index in [0.29, 0.717) is 0 Å². The summed E-state index contributed by atoms with van der Waals surface area (Å²) in [7, 11) is 0.932. The van der Waals surface area contributed by atoms with E-state index in [0.717, 1.165) is 7.11 Å². The van der Waals surface area contributed by atoms with Crippen molar-refractivity contribution >= 4 is 21.9 Å². The third-order valence-corrected chi connectivity index (χ3v) is 2.10. The molecule has 1 atom stereocenters. The van der Waals surface area contributed by atoms with Crippen LogP contribution in [-0.4, -0.2) is 43.0 Å². The molecule has 0 N–H and O–H groups in total. The minimum absolute atomic E-state index is 0.932. The number of hydrogen-bond acceptors (Lipinski definition) is 3. The second kappa shape index (κ2) is 5.89. The van der Waals surface area contributed by atoms with Gasteiger partial charge in [-0.2, -0.15) is 26.3 Å². The van der Waals surface area contributed by atoms with Crippen LogP contribution in [0.3, 0.4) is 0 Å². The molecule has 0 aromatic rings. The van der Waals surface area contributed by atoms with Crippen LogP contribution in [-0.2, 0) is 14.3 Å². The number of carbonyl (C=O) groups excluding carboxylic acids is 1. The molecular formula is C7H7BrF6O3. The lowest BCUT2D eigenvalue weighted by atomic mass is 10.3. The third-order valence-electron chi connectivity index (χ3n) is 1.46. The highest BCUT2D eigenvalue weighted by molar-refractivity contribution is 9.10. The first-order valence-corrected chi connectivity index (χ1v) is 4.88. The molecule has 0 amide bonds. The zero-order chi connectivity index (χ0) is 13.9. The summed E-state index contributed by atoms with van der Waals surface area (Å²) >= 11 is 2.53. The monoisotopic (exact) mass is 332 g/mol. The normalized spacial score (nSPS) is 14.9. The van der Waals surface area contributed by atoms with E-state index in [1.807, 2.05) is 0 Å². The van der Waals surface area contributed by atoms with Crippen molar-refractivity contribution in [3.05, 3.63) is 0 Å². The molecule has 0 heterocycles. The highest BCUT2D eigenvalue weighted by atomic mass is 79.9.